The maximum Gasteiger partial charge on any atom is 0.257 e. The smallest absolute Gasteiger partial charge is 0.257 e. The molecule has 0 aliphatic carbocycles. The first-order valence-electron chi connectivity index (χ1n) is 5.05. The van der Waals surface area contributed by atoms with E-state index in [0.29, 0.717) is 16.4 Å². The van der Waals surface area contributed by atoms with Crippen LogP contribution in [0.15, 0.2) is 54.9 Å². The van der Waals surface area contributed by atoms with Crippen molar-refractivity contribution in [1.82, 2.24) is 10.3 Å². The van der Waals surface area contributed by atoms with Crippen molar-refractivity contribution in [3.8, 4) is 0 Å². The highest BCUT2D eigenvalue weighted by Crippen LogP contribution is 2.05. The first-order chi connectivity index (χ1) is 8.17. The molecule has 17 heavy (non-hydrogen) atoms. The van der Waals surface area contributed by atoms with E-state index >= 15 is 0 Å². The zero-order chi connectivity index (χ0) is 12.7. The van der Waals surface area contributed by atoms with Gasteiger partial charge in [0.15, 0.2) is 0 Å². The van der Waals surface area contributed by atoms with Gasteiger partial charge in [-0.25, -0.2) is 4.98 Å². The van der Waals surface area contributed by atoms with Crippen LogP contribution in [0.2, 0.25) is 5.15 Å². The van der Waals surface area contributed by atoms with Crippen LogP contribution in [-0.4, -0.2) is 10.9 Å². The molecule has 0 bridgehead atoms. The summed E-state index contributed by atoms with van der Waals surface area (Å²) in [5, 5.41) is 3.06. The number of nitrogens with zero attached hydrogens (tertiary/aromatic N) is 1. The average molecular weight is 249 g/mol. The van der Waals surface area contributed by atoms with Crippen LogP contribution in [-0.2, 0) is 0 Å². The van der Waals surface area contributed by atoms with Crippen molar-refractivity contribution in [2.45, 2.75) is 6.92 Å². The monoisotopic (exact) mass is 248 g/mol. The van der Waals surface area contributed by atoms with Crippen LogP contribution in [0, 0.1) is 0 Å². The second kappa shape index (κ2) is 6.66. The first-order valence-corrected chi connectivity index (χ1v) is 5.43. The SMILES string of the molecule is C=C/C(=C\C=C/C)NC(=O)c1ccc(Cl)nc1. The number of hydrogen-bond acceptors (Lipinski definition) is 2. The van der Waals surface area contributed by atoms with Gasteiger partial charge >= 0.3 is 0 Å². The molecule has 1 aromatic heterocycles. The Labute approximate surface area is 106 Å². The van der Waals surface area contributed by atoms with Gasteiger partial charge in [0.2, 0.25) is 0 Å². The molecule has 88 valence electrons. The van der Waals surface area contributed by atoms with E-state index in [2.05, 4.69) is 16.9 Å². The molecule has 0 saturated carbocycles. The molecular formula is C13H13ClN2O. The van der Waals surface area contributed by atoms with Crippen molar-refractivity contribution in [3.63, 3.8) is 0 Å². The van der Waals surface area contributed by atoms with Gasteiger partial charge in [0.05, 0.1) is 5.56 Å². The zero-order valence-electron chi connectivity index (χ0n) is 9.48. The Hall–Kier alpha value is -1.87. The number of rotatable bonds is 4. The third-order valence-electron chi connectivity index (χ3n) is 1.94. The standard InChI is InChI=1S/C13H13ClN2O/c1-3-5-6-11(4-2)16-13(17)10-7-8-12(14)15-9-10/h3-9H,2H2,1H3,(H,16,17)/b5-3-,11-6+. The fourth-order valence-electron chi connectivity index (χ4n) is 1.07. The lowest BCUT2D eigenvalue weighted by Gasteiger charge is -2.04. The zero-order valence-corrected chi connectivity index (χ0v) is 10.2. The number of amides is 1. The number of nitrogens with one attached hydrogen (secondary N) is 1. The molecule has 1 heterocycles. The molecule has 1 aromatic rings. The van der Waals surface area contributed by atoms with Crippen LogP contribution in [0.4, 0.5) is 0 Å². The molecule has 0 saturated heterocycles. The number of allylic oxidation sites excluding steroid dienone is 4. The van der Waals surface area contributed by atoms with Crippen molar-refractivity contribution >= 4 is 17.5 Å². The summed E-state index contributed by atoms with van der Waals surface area (Å²) in [6.07, 6.45) is 8.43. The van der Waals surface area contributed by atoms with Crippen molar-refractivity contribution in [2.75, 3.05) is 0 Å². The van der Waals surface area contributed by atoms with Crippen molar-refractivity contribution in [1.29, 1.82) is 0 Å². The third kappa shape index (κ3) is 4.25. The molecule has 1 rings (SSSR count). The van der Waals surface area contributed by atoms with E-state index < -0.39 is 0 Å². The summed E-state index contributed by atoms with van der Waals surface area (Å²) < 4.78 is 0. The van der Waals surface area contributed by atoms with Gasteiger partial charge in [0.25, 0.3) is 5.91 Å². The summed E-state index contributed by atoms with van der Waals surface area (Å²) in [5.74, 6) is -0.246. The van der Waals surface area contributed by atoms with Crippen LogP contribution in [0.5, 0.6) is 0 Å². The Bertz CT molecular complexity index is 461. The minimum absolute atomic E-state index is 0.246. The van der Waals surface area contributed by atoms with E-state index in [9.17, 15) is 4.79 Å². The van der Waals surface area contributed by atoms with Crippen molar-refractivity contribution in [3.05, 3.63) is 65.6 Å². The summed E-state index contributed by atoms with van der Waals surface area (Å²) in [4.78, 5) is 15.6. The van der Waals surface area contributed by atoms with Crippen LogP contribution >= 0.6 is 11.6 Å². The Balaban J connectivity index is 2.77. The lowest BCUT2D eigenvalue weighted by atomic mass is 10.2. The van der Waals surface area contributed by atoms with Crippen molar-refractivity contribution in [2.24, 2.45) is 0 Å². The molecule has 0 radical (unpaired) electrons. The molecule has 0 aliphatic heterocycles. The fourth-order valence-corrected chi connectivity index (χ4v) is 1.19. The molecule has 0 aliphatic rings. The quantitative estimate of drug-likeness (QED) is 0.657. The minimum atomic E-state index is -0.246. The van der Waals surface area contributed by atoms with Crippen LogP contribution < -0.4 is 5.32 Å². The van der Waals surface area contributed by atoms with Crippen molar-refractivity contribution < 1.29 is 4.79 Å². The maximum absolute atomic E-state index is 11.8. The van der Waals surface area contributed by atoms with Gasteiger partial charge in [-0.1, -0.05) is 30.3 Å². The highest BCUT2D eigenvalue weighted by Gasteiger charge is 2.05. The highest BCUT2D eigenvalue weighted by molar-refractivity contribution is 6.29. The van der Waals surface area contributed by atoms with Gasteiger partial charge in [-0.3, -0.25) is 4.79 Å². The van der Waals surface area contributed by atoms with Gasteiger partial charge < -0.3 is 5.32 Å². The van der Waals surface area contributed by atoms with E-state index in [4.69, 9.17) is 11.6 Å². The van der Waals surface area contributed by atoms with Crippen LogP contribution in [0.3, 0.4) is 0 Å². The predicted octanol–water partition coefficient (Wildman–Crippen LogP) is 3.11. The predicted molar refractivity (Wildman–Crippen MR) is 69.8 cm³/mol. The molecule has 0 spiro atoms. The molecule has 4 heteroatoms. The molecule has 0 unspecified atom stereocenters. The number of carbonyl (C=O) groups excluding carboxylic acids is 1. The molecule has 0 aromatic carbocycles. The van der Waals surface area contributed by atoms with Gasteiger partial charge in [-0.05, 0) is 31.2 Å². The molecule has 0 atom stereocenters. The summed E-state index contributed by atoms with van der Waals surface area (Å²) in [7, 11) is 0. The second-order valence-electron chi connectivity index (χ2n) is 3.18. The van der Waals surface area contributed by atoms with Crippen LogP contribution in [0.25, 0.3) is 0 Å². The highest BCUT2D eigenvalue weighted by atomic mass is 35.5. The molecule has 1 amide bonds. The van der Waals surface area contributed by atoms with E-state index in [1.165, 1.54) is 6.20 Å². The Morgan fingerprint density at radius 3 is 2.82 bits per heavy atom. The summed E-state index contributed by atoms with van der Waals surface area (Å²) in [6, 6.07) is 3.18. The lowest BCUT2D eigenvalue weighted by molar-refractivity contribution is 0.0967. The number of pyridine rings is 1. The molecule has 1 N–H and O–H groups in total. The van der Waals surface area contributed by atoms with E-state index in [0.717, 1.165) is 0 Å². The largest absolute Gasteiger partial charge is 0.322 e. The fraction of sp³-hybridized carbons (Fsp3) is 0.0769. The Morgan fingerprint density at radius 2 is 2.29 bits per heavy atom. The average Bonchev–Trinajstić information content (AvgIpc) is 2.35. The topological polar surface area (TPSA) is 42.0 Å². The van der Waals surface area contributed by atoms with E-state index in [1.54, 1.807) is 24.3 Å². The Kier molecular flexibility index (Phi) is 5.17. The van der Waals surface area contributed by atoms with Gasteiger partial charge in [0.1, 0.15) is 5.15 Å². The molecule has 0 fully saturated rings. The maximum atomic E-state index is 11.8. The second-order valence-corrected chi connectivity index (χ2v) is 3.56. The van der Waals surface area contributed by atoms with Gasteiger partial charge in [0, 0.05) is 11.9 Å². The number of halogens is 1. The Morgan fingerprint density at radius 1 is 1.53 bits per heavy atom. The number of hydrogen-bond donors (Lipinski definition) is 1. The third-order valence-corrected chi connectivity index (χ3v) is 2.16. The van der Waals surface area contributed by atoms with E-state index in [1.807, 2.05) is 19.1 Å². The summed E-state index contributed by atoms with van der Waals surface area (Å²) >= 11 is 5.64. The number of aromatic nitrogens is 1. The lowest BCUT2D eigenvalue weighted by Crippen LogP contribution is -2.21. The normalized spacial score (nSPS) is 11.5. The van der Waals surface area contributed by atoms with Gasteiger partial charge in [-0.2, -0.15) is 0 Å². The summed E-state index contributed by atoms with van der Waals surface area (Å²) in [5.41, 5.74) is 1.07. The molecular weight excluding hydrogens is 236 g/mol. The molecule has 3 nitrogen and oxygen atoms in total. The van der Waals surface area contributed by atoms with E-state index in [-0.39, 0.29) is 5.91 Å². The summed E-state index contributed by atoms with van der Waals surface area (Å²) in [6.45, 7) is 5.51. The first kappa shape index (κ1) is 13.2. The van der Waals surface area contributed by atoms with Gasteiger partial charge in [-0.15, -0.1) is 0 Å². The van der Waals surface area contributed by atoms with Crippen LogP contribution in [0.1, 0.15) is 17.3 Å². The minimum Gasteiger partial charge on any atom is -0.322 e. The number of carbonyl (C=O) groups is 1.